The monoisotopic (exact) mass is 261 g/mol. The van der Waals surface area contributed by atoms with Crippen LogP contribution in [0.1, 0.15) is 10.4 Å². The van der Waals surface area contributed by atoms with Gasteiger partial charge in [0.15, 0.2) is 23.0 Å². The number of carbonyl (C=O) groups is 1. The lowest BCUT2D eigenvalue weighted by atomic mass is 10.2. The summed E-state index contributed by atoms with van der Waals surface area (Å²) in [6, 6.07) is 7.71. The zero-order chi connectivity index (χ0) is 14.0. The van der Waals surface area contributed by atoms with Crippen molar-refractivity contribution in [1.29, 1.82) is 0 Å². The van der Waals surface area contributed by atoms with Gasteiger partial charge >= 0.3 is 0 Å². The Morgan fingerprint density at radius 3 is 2.32 bits per heavy atom. The van der Waals surface area contributed by atoms with Crippen LogP contribution in [0.5, 0.6) is 23.0 Å². The third kappa shape index (κ3) is 2.52. The highest BCUT2D eigenvalue weighted by Crippen LogP contribution is 2.33. The minimum atomic E-state index is -0.601. The molecule has 0 fully saturated rings. The van der Waals surface area contributed by atoms with Crippen LogP contribution in [-0.4, -0.2) is 26.3 Å². The number of phenols is 4. The van der Waals surface area contributed by atoms with E-state index >= 15 is 0 Å². The molecule has 98 valence electrons. The van der Waals surface area contributed by atoms with E-state index in [9.17, 15) is 20.1 Å². The minimum Gasteiger partial charge on any atom is -0.504 e. The van der Waals surface area contributed by atoms with Crippen LogP contribution in [0.15, 0.2) is 36.4 Å². The Balaban J connectivity index is 2.26. The summed E-state index contributed by atoms with van der Waals surface area (Å²) in [5.74, 6) is -2.16. The first kappa shape index (κ1) is 12.6. The maximum absolute atomic E-state index is 11.8. The number of anilines is 1. The molecule has 0 bridgehead atoms. The number of aromatic hydroxyl groups is 4. The van der Waals surface area contributed by atoms with Crippen molar-refractivity contribution in [2.24, 2.45) is 0 Å². The zero-order valence-electron chi connectivity index (χ0n) is 9.66. The molecule has 2 rings (SSSR count). The lowest BCUT2D eigenvalue weighted by Crippen LogP contribution is -2.11. The summed E-state index contributed by atoms with van der Waals surface area (Å²) in [6.07, 6.45) is 0. The highest BCUT2D eigenvalue weighted by molar-refractivity contribution is 6.05. The number of para-hydroxylation sites is 1. The van der Waals surface area contributed by atoms with Gasteiger partial charge in [0, 0.05) is 5.56 Å². The van der Waals surface area contributed by atoms with E-state index in [-0.39, 0.29) is 22.7 Å². The molecule has 19 heavy (non-hydrogen) atoms. The molecule has 0 saturated heterocycles. The summed E-state index contributed by atoms with van der Waals surface area (Å²) < 4.78 is 0. The van der Waals surface area contributed by atoms with Crippen LogP contribution in [-0.2, 0) is 0 Å². The molecule has 0 aromatic heterocycles. The zero-order valence-corrected chi connectivity index (χ0v) is 9.66. The fourth-order valence-electron chi connectivity index (χ4n) is 1.49. The van der Waals surface area contributed by atoms with Gasteiger partial charge in [-0.1, -0.05) is 6.07 Å². The van der Waals surface area contributed by atoms with Gasteiger partial charge in [0.1, 0.15) is 0 Å². The molecule has 0 radical (unpaired) electrons. The van der Waals surface area contributed by atoms with Crippen LogP contribution in [0.4, 0.5) is 5.69 Å². The van der Waals surface area contributed by atoms with E-state index in [0.717, 1.165) is 6.07 Å². The number of amides is 1. The molecule has 6 nitrogen and oxygen atoms in total. The van der Waals surface area contributed by atoms with Crippen LogP contribution < -0.4 is 5.32 Å². The molecule has 6 heteroatoms. The number of phenolic OH excluding ortho intramolecular Hbond substituents is 4. The maximum Gasteiger partial charge on any atom is 0.255 e. The van der Waals surface area contributed by atoms with Crippen molar-refractivity contribution >= 4 is 11.6 Å². The van der Waals surface area contributed by atoms with Crippen molar-refractivity contribution in [2.45, 2.75) is 0 Å². The molecule has 0 heterocycles. The fraction of sp³-hybridized carbons (Fsp3) is 0. The second-order valence-electron chi connectivity index (χ2n) is 3.83. The van der Waals surface area contributed by atoms with Crippen LogP contribution in [0.3, 0.4) is 0 Å². The van der Waals surface area contributed by atoms with Crippen molar-refractivity contribution in [2.75, 3.05) is 5.32 Å². The predicted molar refractivity (Wildman–Crippen MR) is 67.5 cm³/mol. The molecule has 5 N–H and O–H groups in total. The molecule has 1 amide bonds. The molecule has 0 aliphatic rings. The van der Waals surface area contributed by atoms with Crippen molar-refractivity contribution < 1.29 is 25.2 Å². The number of hydrogen-bond acceptors (Lipinski definition) is 5. The summed E-state index contributed by atoms with van der Waals surface area (Å²) in [5.41, 5.74) is 0.135. The Bertz CT molecular complexity index is 639. The summed E-state index contributed by atoms with van der Waals surface area (Å²) >= 11 is 0. The molecule has 0 aliphatic carbocycles. The number of hydrogen-bond donors (Lipinski definition) is 5. The van der Waals surface area contributed by atoms with Gasteiger partial charge < -0.3 is 25.7 Å². The van der Waals surface area contributed by atoms with Gasteiger partial charge in [-0.2, -0.15) is 0 Å². The van der Waals surface area contributed by atoms with E-state index in [0.29, 0.717) is 0 Å². The van der Waals surface area contributed by atoms with E-state index in [1.54, 1.807) is 0 Å². The molecule has 0 atom stereocenters. The van der Waals surface area contributed by atoms with Gasteiger partial charge in [-0.25, -0.2) is 0 Å². The minimum absolute atomic E-state index is 0.0394. The average Bonchev–Trinajstić information content (AvgIpc) is 2.38. The Kier molecular flexibility index (Phi) is 3.15. The first-order valence-electron chi connectivity index (χ1n) is 5.33. The van der Waals surface area contributed by atoms with Crippen molar-refractivity contribution in [1.82, 2.24) is 0 Å². The molecular formula is C13H11NO5. The Morgan fingerprint density at radius 1 is 0.895 bits per heavy atom. The number of nitrogens with one attached hydrogen (secondary N) is 1. The Hall–Kier alpha value is -2.89. The van der Waals surface area contributed by atoms with Gasteiger partial charge in [0.05, 0.1) is 5.69 Å². The SMILES string of the molecule is O=C(Nc1cccc(O)c1O)c1ccc(O)c(O)c1. The molecular weight excluding hydrogens is 250 g/mol. The molecule has 2 aromatic carbocycles. The van der Waals surface area contributed by atoms with Crippen LogP contribution in [0.2, 0.25) is 0 Å². The molecule has 0 spiro atoms. The van der Waals surface area contributed by atoms with Crippen LogP contribution in [0, 0.1) is 0 Å². The standard InChI is InChI=1S/C13H11NO5/c15-9-5-4-7(6-11(9)17)13(19)14-8-2-1-3-10(16)12(8)18/h1-6,15-18H,(H,14,19). The second kappa shape index (κ2) is 4.77. The molecule has 0 aliphatic heterocycles. The Morgan fingerprint density at radius 2 is 1.63 bits per heavy atom. The van der Waals surface area contributed by atoms with Crippen LogP contribution in [0.25, 0.3) is 0 Å². The summed E-state index contributed by atoms with van der Waals surface area (Å²) in [4.78, 5) is 11.8. The summed E-state index contributed by atoms with van der Waals surface area (Å²) in [7, 11) is 0. The third-order valence-corrected chi connectivity index (χ3v) is 2.50. The predicted octanol–water partition coefficient (Wildman–Crippen LogP) is 1.76. The van der Waals surface area contributed by atoms with Gasteiger partial charge in [-0.15, -0.1) is 0 Å². The number of rotatable bonds is 2. The van der Waals surface area contributed by atoms with Crippen molar-refractivity contribution in [3.05, 3.63) is 42.0 Å². The first-order valence-corrected chi connectivity index (χ1v) is 5.33. The molecule has 0 saturated carbocycles. The first-order chi connectivity index (χ1) is 8.99. The third-order valence-electron chi connectivity index (χ3n) is 2.50. The van der Waals surface area contributed by atoms with E-state index in [2.05, 4.69) is 5.32 Å². The molecule has 2 aromatic rings. The second-order valence-corrected chi connectivity index (χ2v) is 3.83. The van der Waals surface area contributed by atoms with Gasteiger partial charge in [-0.05, 0) is 30.3 Å². The lowest BCUT2D eigenvalue weighted by molar-refractivity contribution is 0.102. The topological polar surface area (TPSA) is 110 Å². The van der Waals surface area contributed by atoms with Crippen molar-refractivity contribution in [3.63, 3.8) is 0 Å². The van der Waals surface area contributed by atoms with E-state index in [4.69, 9.17) is 5.11 Å². The smallest absolute Gasteiger partial charge is 0.255 e. The van der Waals surface area contributed by atoms with E-state index < -0.39 is 17.4 Å². The van der Waals surface area contributed by atoms with E-state index in [1.165, 1.54) is 30.3 Å². The van der Waals surface area contributed by atoms with Gasteiger partial charge in [-0.3, -0.25) is 4.79 Å². The number of benzene rings is 2. The fourth-order valence-corrected chi connectivity index (χ4v) is 1.49. The average molecular weight is 261 g/mol. The molecule has 0 unspecified atom stereocenters. The quantitative estimate of drug-likeness (QED) is 0.529. The highest BCUT2D eigenvalue weighted by Gasteiger charge is 2.12. The summed E-state index contributed by atoms with van der Waals surface area (Å²) in [5, 5.41) is 39.6. The van der Waals surface area contributed by atoms with Gasteiger partial charge in [0.2, 0.25) is 0 Å². The normalized spacial score (nSPS) is 10.1. The summed E-state index contributed by atoms with van der Waals surface area (Å²) in [6.45, 7) is 0. The largest absolute Gasteiger partial charge is 0.504 e. The van der Waals surface area contributed by atoms with Crippen molar-refractivity contribution in [3.8, 4) is 23.0 Å². The van der Waals surface area contributed by atoms with E-state index in [1.807, 2.05) is 0 Å². The Labute approximate surface area is 108 Å². The maximum atomic E-state index is 11.8. The number of carbonyl (C=O) groups excluding carboxylic acids is 1. The van der Waals surface area contributed by atoms with Crippen LogP contribution >= 0.6 is 0 Å². The van der Waals surface area contributed by atoms with Gasteiger partial charge in [0.25, 0.3) is 5.91 Å². The highest BCUT2D eigenvalue weighted by atomic mass is 16.3. The lowest BCUT2D eigenvalue weighted by Gasteiger charge is -2.08.